The molecule has 2 nitrogen and oxygen atoms in total. The number of fused-ring (bicyclic) bond motifs is 1. The molecule has 0 saturated carbocycles. The minimum Gasteiger partial charge on any atom is -0.356 e. The maximum Gasteiger partial charge on any atom is 0.170 e. The lowest BCUT2D eigenvalue weighted by atomic mass is 9.86. The SMILES string of the molecule is Cc1noc2c(C(C)(C)C)cccc12. The molecule has 0 atom stereocenters. The number of aryl methyl sites for hydroxylation is 1. The Balaban J connectivity index is 2.79. The molecule has 0 radical (unpaired) electrons. The van der Waals surface area contributed by atoms with Crippen LogP contribution in [0.4, 0.5) is 0 Å². The van der Waals surface area contributed by atoms with E-state index in [4.69, 9.17) is 4.52 Å². The minimum atomic E-state index is 0.103. The normalized spacial score (nSPS) is 12.3. The standard InChI is InChI=1S/C12H15NO/c1-8-9-6-5-7-10(12(2,3)4)11(9)14-13-8/h5-7H,1-4H3. The minimum absolute atomic E-state index is 0.103. The van der Waals surface area contributed by atoms with E-state index in [1.54, 1.807) is 0 Å². The molecular formula is C12H15NO. The summed E-state index contributed by atoms with van der Waals surface area (Å²) in [5.74, 6) is 0. The van der Waals surface area contributed by atoms with Gasteiger partial charge in [-0.3, -0.25) is 0 Å². The molecular weight excluding hydrogens is 174 g/mol. The highest BCUT2D eigenvalue weighted by Gasteiger charge is 2.19. The van der Waals surface area contributed by atoms with Crippen LogP contribution in [0.3, 0.4) is 0 Å². The summed E-state index contributed by atoms with van der Waals surface area (Å²) in [7, 11) is 0. The summed E-state index contributed by atoms with van der Waals surface area (Å²) in [6.45, 7) is 8.51. The third-order valence-corrected chi connectivity index (χ3v) is 2.49. The van der Waals surface area contributed by atoms with Crippen molar-refractivity contribution in [1.29, 1.82) is 0 Å². The van der Waals surface area contributed by atoms with Crippen molar-refractivity contribution in [2.24, 2.45) is 0 Å². The highest BCUT2D eigenvalue weighted by Crippen LogP contribution is 2.30. The van der Waals surface area contributed by atoms with Gasteiger partial charge in [-0.1, -0.05) is 38.1 Å². The van der Waals surface area contributed by atoms with Crippen molar-refractivity contribution < 1.29 is 4.52 Å². The van der Waals surface area contributed by atoms with Crippen molar-refractivity contribution in [3.05, 3.63) is 29.5 Å². The molecule has 0 bridgehead atoms. The van der Waals surface area contributed by atoms with Gasteiger partial charge in [-0.2, -0.15) is 0 Å². The van der Waals surface area contributed by atoms with Crippen LogP contribution in [-0.2, 0) is 5.41 Å². The Hall–Kier alpha value is -1.31. The summed E-state index contributed by atoms with van der Waals surface area (Å²) in [5, 5.41) is 5.12. The lowest BCUT2D eigenvalue weighted by molar-refractivity contribution is 0.441. The van der Waals surface area contributed by atoms with Gasteiger partial charge < -0.3 is 4.52 Å². The molecule has 2 rings (SSSR count). The highest BCUT2D eigenvalue weighted by molar-refractivity contribution is 5.83. The lowest BCUT2D eigenvalue weighted by Crippen LogP contribution is -2.10. The topological polar surface area (TPSA) is 26.0 Å². The zero-order valence-electron chi connectivity index (χ0n) is 9.09. The van der Waals surface area contributed by atoms with Crippen LogP contribution in [-0.4, -0.2) is 5.16 Å². The maximum atomic E-state index is 5.36. The fourth-order valence-electron chi connectivity index (χ4n) is 1.67. The zero-order chi connectivity index (χ0) is 10.3. The average molecular weight is 189 g/mol. The Morgan fingerprint density at radius 2 is 1.93 bits per heavy atom. The van der Waals surface area contributed by atoms with Crippen LogP contribution < -0.4 is 0 Å². The first-order valence-corrected chi connectivity index (χ1v) is 4.85. The van der Waals surface area contributed by atoms with E-state index in [-0.39, 0.29) is 5.41 Å². The maximum absolute atomic E-state index is 5.36. The van der Waals surface area contributed by atoms with Gasteiger partial charge in [0.25, 0.3) is 0 Å². The first kappa shape index (κ1) is 9.25. The first-order valence-electron chi connectivity index (χ1n) is 4.85. The van der Waals surface area contributed by atoms with Gasteiger partial charge in [0.05, 0.1) is 5.69 Å². The van der Waals surface area contributed by atoms with Crippen LogP contribution in [0.25, 0.3) is 11.0 Å². The van der Waals surface area contributed by atoms with E-state index in [0.29, 0.717) is 0 Å². The van der Waals surface area contributed by atoms with E-state index >= 15 is 0 Å². The van der Waals surface area contributed by atoms with Crippen molar-refractivity contribution in [2.75, 3.05) is 0 Å². The Bertz CT molecular complexity index is 463. The van der Waals surface area contributed by atoms with Crippen LogP contribution in [0.1, 0.15) is 32.0 Å². The van der Waals surface area contributed by atoms with Crippen molar-refractivity contribution in [2.45, 2.75) is 33.1 Å². The second-order valence-electron chi connectivity index (χ2n) is 4.70. The van der Waals surface area contributed by atoms with Crippen molar-refractivity contribution in [1.82, 2.24) is 5.16 Å². The van der Waals surface area contributed by atoms with Gasteiger partial charge in [0.1, 0.15) is 0 Å². The molecule has 2 heteroatoms. The van der Waals surface area contributed by atoms with E-state index in [0.717, 1.165) is 16.7 Å². The third kappa shape index (κ3) is 1.31. The highest BCUT2D eigenvalue weighted by atomic mass is 16.5. The Morgan fingerprint density at radius 3 is 2.57 bits per heavy atom. The van der Waals surface area contributed by atoms with E-state index < -0.39 is 0 Å². The van der Waals surface area contributed by atoms with Crippen molar-refractivity contribution in [3.63, 3.8) is 0 Å². The number of nitrogens with zero attached hydrogens (tertiary/aromatic N) is 1. The molecule has 0 spiro atoms. The summed E-state index contributed by atoms with van der Waals surface area (Å²) in [5.41, 5.74) is 3.21. The summed E-state index contributed by atoms with van der Waals surface area (Å²) in [6.07, 6.45) is 0. The van der Waals surface area contributed by atoms with Gasteiger partial charge in [0.15, 0.2) is 5.58 Å². The van der Waals surface area contributed by atoms with Crippen LogP contribution in [0.15, 0.2) is 22.7 Å². The molecule has 0 saturated heterocycles. The van der Waals surface area contributed by atoms with E-state index in [1.807, 2.05) is 6.92 Å². The quantitative estimate of drug-likeness (QED) is 0.634. The molecule has 0 aliphatic rings. The second kappa shape index (κ2) is 2.84. The summed E-state index contributed by atoms with van der Waals surface area (Å²) < 4.78 is 5.36. The summed E-state index contributed by atoms with van der Waals surface area (Å²) in [4.78, 5) is 0. The van der Waals surface area contributed by atoms with E-state index in [9.17, 15) is 0 Å². The predicted molar refractivity (Wildman–Crippen MR) is 57.4 cm³/mol. The zero-order valence-corrected chi connectivity index (χ0v) is 9.09. The first-order chi connectivity index (χ1) is 6.50. The number of hydrogen-bond donors (Lipinski definition) is 0. The Labute approximate surface area is 83.9 Å². The molecule has 0 amide bonds. The number of hydrogen-bond acceptors (Lipinski definition) is 2. The summed E-state index contributed by atoms with van der Waals surface area (Å²) >= 11 is 0. The second-order valence-corrected chi connectivity index (χ2v) is 4.70. The van der Waals surface area contributed by atoms with E-state index in [2.05, 4.69) is 44.1 Å². The number of aromatic nitrogens is 1. The van der Waals surface area contributed by atoms with Crippen molar-refractivity contribution >= 4 is 11.0 Å². The van der Waals surface area contributed by atoms with Gasteiger partial charge in [-0.15, -0.1) is 0 Å². The molecule has 0 fully saturated rings. The molecule has 14 heavy (non-hydrogen) atoms. The molecule has 2 aromatic rings. The van der Waals surface area contributed by atoms with E-state index in [1.165, 1.54) is 5.56 Å². The van der Waals surface area contributed by atoms with Crippen molar-refractivity contribution in [3.8, 4) is 0 Å². The van der Waals surface area contributed by atoms with Crippen LogP contribution in [0.5, 0.6) is 0 Å². The smallest absolute Gasteiger partial charge is 0.170 e. The molecule has 0 aliphatic carbocycles. The molecule has 1 heterocycles. The molecule has 74 valence electrons. The third-order valence-electron chi connectivity index (χ3n) is 2.49. The van der Waals surface area contributed by atoms with Crippen LogP contribution >= 0.6 is 0 Å². The fraction of sp³-hybridized carbons (Fsp3) is 0.417. The van der Waals surface area contributed by atoms with Gasteiger partial charge >= 0.3 is 0 Å². The predicted octanol–water partition coefficient (Wildman–Crippen LogP) is 3.43. The van der Waals surface area contributed by atoms with Gasteiger partial charge in [-0.25, -0.2) is 0 Å². The molecule has 1 aromatic heterocycles. The van der Waals surface area contributed by atoms with Gasteiger partial charge in [-0.05, 0) is 18.4 Å². The van der Waals surface area contributed by atoms with Crippen LogP contribution in [0.2, 0.25) is 0 Å². The number of rotatable bonds is 0. The Morgan fingerprint density at radius 1 is 1.21 bits per heavy atom. The average Bonchev–Trinajstić information content (AvgIpc) is 2.46. The molecule has 0 unspecified atom stereocenters. The summed E-state index contributed by atoms with van der Waals surface area (Å²) in [6, 6.07) is 6.22. The number of para-hydroxylation sites is 1. The molecule has 1 aromatic carbocycles. The molecule has 0 N–H and O–H groups in total. The number of benzene rings is 1. The molecule has 0 aliphatic heterocycles. The van der Waals surface area contributed by atoms with Crippen LogP contribution in [0, 0.1) is 6.92 Å². The lowest BCUT2D eigenvalue weighted by Gasteiger charge is -2.18. The Kier molecular flexibility index (Phi) is 1.88. The largest absolute Gasteiger partial charge is 0.356 e. The monoisotopic (exact) mass is 189 g/mol. The fourth-order valence-corrected chi connectivity index (χ4v) is 1.67. The van der Waals surface area contributed by atoms with Gasteiger partial charge in [0.2, 0.25) is 0 Å². The van der Waals surface area contributed by atoms with Gasteiger partial charge in [0, 0.05) is 10.9 Å².